The number of carbonyl (C=O) groups excluding carboxylic acids is 1. The molecule has 2 aromatic heterocycles. The standard InChI is InChI=1S/C21H23N5O2S2/c1-29-16-9-7-14(8-10-16)17-11-12-19(28)26(25-17)13-18(27)22-21-24-23-20(30-21)15-5-3-2-4-6-15/h7-12,15H,2-6,13H2,1H3,(H,22,24,27). The summed E-state index contributed by atoms with van der Waals surface area (Å²) < 4.78 is 1.18. The third-order valence-corrected chi connectivity index (χ3v) is 6.93. The van der Waals surface area contributed by atoms with E-state index in [0.717, 1.165) is 28.3 Å². The van der Waals surface area contributed by atoms with Crippen molar-refractivity contribution in [1.82, 2.24) is 20.0 Å². The molecule has 3 aromatic rings. The van der Waals surface area contributed by atoms with E-state index < -0.39 is 0 Å². The van der Waals surface area contributed by atoms with Crippen LogP contribution >= 0.6 is 23.1 Å². The van der Waals surface area contributed by atoms with Crippen LogP contribution in [0.4, 0.5) is 5.13 Å². The minimum absolute atomic E-state index is 0.173. The fourth-order valence-corrected chi connectivity index (χ4v) is 4.91. The van der Waals surface area contributed by atoms with E-state index in [1.165, 1.54) is 41.3 Å². The second-order valence-electron chi connectivity index (χ2n) is 7.27. The summed E-state index contributed by atoms with van der Waals surface area (Å²) in [5.41, 5.74) is 1.21. The van der Waals surface area contributed by atoms with E-state index in [2.05, 4.69) is 20.6 Å². The maximum Gasteiger partial charge on any atom is 0.267 e. The lowest BCUT2D eigenvalue weighted by atomic mass is 9.90. The van der Waals surface area contributed by atoms with Gasteiger partial charge in [0, 0.05) is 22.4 Å². The zero-order valence-corrected chi connectivity index (χ0v) is 18.3. The Morgan fingerprint density at radius 3 is 2.63 bits per heavy atom. The van der Waals surface area contributed by atoms with E-state index in [-0.39, 0.29) is 18.0 Å². The molecule has 0 spiro atoms. The molecule has 0 bridgehead atoms. The number of nitrogens with zero attached hydrogens (tertiary/aromatic N) is 4. The van der Waals surface area contributed by atoms with E-state index in [9.17, 15) is 9.59 Å². The molecule has 0 unspecified atom stereocenters. The Morgan fingerprint density at radius 1 is 1.13 bits per heavy atom. The summed E-state index contributed by atoms with van der Waals surface area (Å²) >= 11 is 3.08. The van der Waals surface area contributed by atoms with Gasteiger partial charge in [-0.3, -0.25) is 14.9 Å². The van der Waals surface area contributed by atoms with Crippen molar-refractivity contribution in [2.45, 2.75) is 49.5 Å². The molecule has 0 saturated heterocycles. The minimum Gasteiger partial charge on any atom is -0.299 e. The molecule has 9 heteroatoms. The average molecular weight is 442 g/mol. The Bertz CT molecular complexity index is 1070. The van der Waals surface area contributed by atoms with Crippen molar-refractivity contribution in [2.75, 3.05) is 11.6 Å². The number of hydrogen-bond acceptors (Lipinski definition) is 7. The van der Waals surface area contributed by atoms with Crippen LogP contribution in [0.25, 0.3) is 11.3 Å². The molecular weight excluding hydrogens is 418 g/mol. The molecule has 4 rings (SSSR count). The lowest BCUT2D eigenvalue weighted by molar-refractivity contribution is -0.117. The van der Waals surface area contributed by atoms with Crippen LogP contribution < -0.4 is 10.9 Å². The van der Waals surface area contributed by atoms with Gasteiger partial charge in [0.2, 0.25) is 11.0 Å². The Hall–Kier alpha value is -2.52. The minimum atomic E-state index is -0.342. The van der Waals surface area contributed by atoms with Gasteiger partial charge in [-0.2, -0.15) is 5.10 Å². The maximum absolute atomic E-state index is 12.5. The third-order valence-electron chi connectivity index (χ3n) is 5.19. The molecule has 1 fully saturated rings. The van der Waals surface area contributed by atoms with Crippen molar-refractivity contribution in [3.63, 3.8) is 0 Å². The summed E-state index contributed by atoms with van der Waals surface area (Å²) in [7, 11) is 0. The molecule has 1 aliphatic rings. The van der Waals surface area contributed by atoms with Crippen molar-refractivity contribution < 1.29 is 4.79 Å². The number of aromatic nitrogens is 4. The largest absolute Gasteiger partial charge is 0.299 e. The first-order valence-electron chi connectivity index (χ1n) is 9.98. The Morgan fingerprint density at radius 2 is 1.90 bits per heavy atom. The number of hydrogen-bond donors (Lipinski definition) is 1. The molecule has 0 aliphatic heterocycles. The Labute approximate surface area is 182 Å². The smallest absolute Gasteiger partial charge is 0.267 e. The van der Waals surface area contributed by atoms with Crippen molar-refractivity contribution in [3.8, 4) is 11.3 Å². The highest BCUT2D eigenvalue weighted by molar-refractivity contribution is 7.98. The van der Waals surface area contributed by atoms with Gasteiger partial charge < -0.3 is 0 Å². The third kappa shape index (κ3) is 4.96. The summed E-state index contributed by atoms with van der Waals surface area (Å²) in [6, 6.07) is 11.0. The van der Waals surface area contributed by atoms with Gasteiger partial charge >= 0.3 is 0 Å². The molecule has 1 amide bonds. The topological polar surface area (TPSA) is 89.8 Å². The highest BCUT2D eigenvalue weighted by atomic mass is 32.2. The summed E-state index contributed by atoms with van der Waals surface area (Å²) in [5, 5.41) is 16.9. The molecule has 1 aliphatic carbocycles. The number of anilines is 1. The highest BCUT2D eigenvalue weighted by Crippen LogP contribution is 2.35. The predicted molar refractivity (Wildman–Crippen MR) is 120 cm³/mol. The van der Waals surface area contributed by atoms with Crippen LogP contribution in [-0.2, 0) is 11.3 Å². The van der Waals surface area contributed by atoms with Crippen LogP contribution in [0.15, 0.2) is 46.1 Å². The average Bonchev–Trinajstić information content (AvgIpc) is 3.24. The first-order valence-corrected chi connectivity index (χ1v) is 12.0. The number of amides is 1. The van der Waals surface area contributed by atoms with Gasteiger partial charge in [0.05, 0.1) is 5.69 Å². The summed E-state index contributed by atoms with van der Waals surface area (Å²) in [6.07, 6.45) is 8.00. The van der Waals surface area contributed by atoms with E-state index in [1.54, 1.807) is 17.8 Å². The van der Waals surface area contributed by atoms with Crippen LogP contribution in [-0.4, -0.2) is 32.1 Å². The second-order valence-corrected chi connectivity index (χ2v) is 9.16. The van der Waals surface area contributed by atoms with Crippen LogP contribution in [0.5, 0.6) is 0 Å². The summed E-state index contributed by atoms with van der Waals surface area (Å²) in [5.74, 6) is 0.103. The second kappa shape index (κ2) is 9.53. The first-order chi connectivity index (χ1) is 14.6. The molecule has 156 valence electrons. The van der Waals surface area contributed by atoms with E-state index >= 15 is 0 Å². The number of carbonyl (C=O) groups is 1. The van der Waals surface area contributed by atoms with Crippen molar-refractivity contribution in [2.24, 2.45) is 0 Å². The number of thioether (sulfide) groups is 1. The van der Waals surface area contributed by atoms with E-state index in [1.807, 2.05) is 30.5 Å². The monoisotopic (exact) mass is 441 g/mol. The maximum atomic E-state index is 12.5. The fraction of sp³-hybridized carbons (Fsp3) is 0.381. The van der Waals surface area contributed by atoms with E-state index in [0.29, 0.717) is 16.7 Å². The highest BCUT2D eigenvalue weighted by Gasteiger charge is 2.20. The quantitative estimate of drug-likeness (QED) is 0.578. The van der Waals surface area contributed by atoms with Crippen LogP contribution in [0.3, 0.4) is 0 Å². The predicted octanol–water partition coefficient (Wildman–Crippen LogP) is 4.17. The van der Waals surface area contributed by atoms with Gasteiger partial charge in [-0.1, -0.05) is 42.7 Å². The molecule has 30 heavy (non-hydrogen) atoms. The molecule has 1 saturated carbocycles. The van der Waals surface area contributed by atoms with Gasteiger partial charge in [-0.15, -0.1) is 22.0 Å². The van der Waals surface area contributed by atoms with Crippen molar-refractivity contribution in [1.29, 1.82) is 0 Å². The SMILES string of the molecule is CSc1ccc(-c2ccc(=O)n(CC(=O)Nc3nnc(C4CCCCC4)s3)n2)cc1. The lowest BCUT2D eigenvalue weighted by Crippen LogP contribution is -2.29. The van der Waals surface area contributed by atoms with Gasteiger partial charge in [0.1, 0.15) is 11.6 Å². The van der Waals surface area contributed by atoms with Gasteiger partial charge in [-0.25, -0.2) is 4.68 Å². The summed E-state index contributed by atoms with van der Waals surface area (Å²) in [6.45, 7) is -0.173. The molecule has 1 aromatic carbocycles. The zero-order valence-electron chi connectivity index (χ0n) is 16.7. The number of rotatable bonds is 6. The normalized spacial score (nSPS) is 14.6. The molecule has 2 heterocycles. The van der Waals surface area contributed by atoms with Crippen molar-refractivity contribution >= 4 is 34.1 Å². The number of benzene rings is 1. The molecule has 0 atom stereocenters. The lowest BCUT2D eigenvalue weighted by Gasteiger charge is -2.18. The van der Waals surface area contributed by atoms with Crippen LogP contribution in [0.1, 0.15) is 43.0 Å². The van der Waals surface area contributed by atoms with E-state index in [4.69, 9.17) is 0 Å². The number of nitrogens with one attached hydrogen (secondary N) is 1. The Kier molecular flexibility index (Phi) is 6.59. The fourth-order valence-electron chi connectivity index (χ4n) is 3.57. The van der Waals surface area contributed by atoms with Crippen LogP contribution in [0, 0.1) is 0 Å². The first kappa shape index (κ1) is 20.7. The summed E-state index contributed by atoms with van der Waals surface area (Å²) in [4.78, 5) is 25.8. The van der Waals surface area contributed by atoms with Crippen molar-refractivity contribution in [3.05, 3.63) is 51.8 Å². The zero-order chi connectivity index (χ0) is 20.9. The molecule has 1 N–H and O–H groups in total. The van der Waals surface area contributed by atoms with Crippen LogP contribution in [0.2, 0.25) is 0 Å². The molecule has 0 radical (unpaired) electrons. The van der Waals surface area contributed by atoms with Gasteiger partial charge in [-0.05, 0) is 37.3 Å². The Balaban J connectivity index is 1.44. The van der Waals surface area contributed by atoms with Gasteiger partial charge in [0.25, 0.3) is 5.56 Å². The molecular formula is C21H23N5O2S2. The molecule has 7 nitrogen and oxygen atoms in total. The van der Waals surface area contributed by atoms with Gasteiger partial charge in [0.15, 0.2) is 0 Å².